The predicted octanol–water partition coefficient (Wildman–Crippen LogP) is 4.07. The second kappa shape index (κ2) is 12.4. The Morgan fingerprint density at radius 3 is 1.90 bits per heavy atom. The van der Waals surface area contributed by atoms with E-state index in [2.05, 4.69) is 69.1 Å². The number of nitrogens with zero attached hydrogens (tertiary/aromatic N) is 2. The second-order valence-corrected chi connectivity index (χ2v) is 7.89. The van der Waals surface area contributed by atoms with Crippen molar-refractivity contribution in [3.8, 4) is 0 Å². The van der Waals surface area contributed by atoms with Crippen LogP contribution in [-0.2, 0) is 31.0 Å². The summed E-state index contributed by atoms with van der Waals surface area (Å²) >= 11 is 0. The quantitative estimate of drug-likeness (QED) is 0.485. The average Bonchev–Trinajstić information content (AvgIpc) is 2.80. The number of nitrogens with one attached hydrogen (secondary N) is 2. The van der Waals surface area contributed by atoms with Crippen LogP contribution < -0.4 is 10.6 Å². The standard InChI is InChI=1S/C25H36N4O/c1-3-30-20-24-13-9-22(10-14-24)18-28-25(26-2)27-17-21-7-11-23(12-8-21)19-29-15-5-4-6-16-29/h7-14H,3-6,15-20H2,1-2H3,(H2,26,27,28). The van der Waals surface area contributed by atoms with Crippen molar-refractivity contribution in [2.24, 2.45) is 4.99 Å². The van der Waals surface area contributed by atoms with Crippen molar-refractivity contribution >= 4 is 5.96 Å². The highest BCUT2D eigenvalue weighted by Gasteiger charge is 2.10. The maximum Gasteiger partial charge on any atom is 0.191 e. The molecule has 162 valence electrons. The Kier molecular flexibility index (Phi) is 9.19. The van der Waals surface area contributed by atoms with Crippen LogP contribution in [0.15, 0.2) is 53.5 Å². The molecule has 5 heteroatoms. The fraction of sp³-hybridized carbons (Fsp3) is 0.480. The molecule has 1 aliphatic heterocycles. The zero-order valence-electron chi connectivity index (χ0n) is 18.5. The number of ether oxygens (including phenoxy) is 1. The molecule has 0 amide bonds. The smallest absolute Gasteiger partial charge is 0.191 e. The van der Waals surface area contributed by atoms with Crippen LogP contribution in [0.4, 0.5) is 0 Å². The molecule has 0 spiro atoms. The third-order valence-electron chi connectivity index (χ3n) is 5.52. The predicted molar refractivity (Wildman–Crippen MR) is 124 cm³/mol. The van der Waals surface area contributed by atoms with E-state index in [9.17, 15) is 0 Å². The maximum absolute atomic E-state index is 5.45. The van der Waals surface area contributed by atoms with Crippen LogP contribution in [0, 0.1) is 0 Å². The highest BCUT2D eigenvalue weighted by molar-refractivity contribution is 5.79. The Morgan fingerprint density at radius 1 is 0.833 bits per heavy atom. The Balaban J connectivity index is 1.41. The van der Waals surface area contributed by atoms with Gasteiger partial charge in [0, 0.05) is 33.3 Å². The lowest BCUT2D eigenvalue weighted by molar-refractivity contribution is 0.134. The van der Waals surface area contributed by atoms with Gasteiger partial charge in [0.05, 0.1) is 6.61 Å². The third kappa shape index (κ3) is 7.47. The number of aliphatic imine (C=N–C) groups is 1. The third-order valence-corrected chi connectivity index (χ3v) is 5.52. The first-order valence-electron chi connectivity index (χ1n) is 11.2. The van der Waals surface area contributed by atoms with Crippen molar-refractivity contribution in [3.63, 3.8) is 0 Å². The van der Waals surface area contributed by atoms with Gasteiger partial charge in [-0.2, -0.15) is 0 Å². The first-order chi connectivity index (χ1) is 14.8. The van der Waals surface area contributed by atoms with E-state index >= 15 is 0 Å². The first-order valence-corrected chi connectivity index (χ1v) is 11.2. The molecular weight excluding hydrogens is 372 g/mol. The van der Waals surface area contributed by atoms with Crippen molar-refractivity contribution in [1.29, 1.82) is 0 Å². The SMILES string of the molecule is CCOCc1ccc(CNC(=NC)NCc2ccc(CN3CCCCC3)cc2)cc1. The minimum absolute atomic E-state index is 0.671. The molecule has 0 radical (unpaired) electrons. The summed E-state index contributed by atoms with van der Waals surface area (Å²) in [5.74, 6) is 0.811. The van der Waals surface area contributed by atoms with Crippen molar-refractivity contribution < 1.29 is 4.74 Å². The van der Waals surface area contributed by atoms with Crippen LogP contribution in [0.25, 0.3) is 0 Å². The van der Waals surface area contributed by atoms with E-state index in [-0.39, 0.29) is 0 Å². The van der Waals surface area contributed by atoms with E-state index in [0.29, 0.717) is 6.61 Å². The van der Waals surface area contributed by atoms with Crippen molar-refractivity contribution in [3.05, 3.63) is 70.8 Å². The van der Waals surface area contributed by atoms with Gasteiger partial charge in [-0.05, 0) is 55.1 Å². The molecule has 0 saturated carbocycles. The van der Waals surface area contributed by atoms with E-state index < -0.39 is 0 Å². The number of benzene rings is 2. The van der Waals surface area contributed by atoms with E-state index in [4.69, 9.17) is 4.74 Å². The van der Waals surface area contributed by atoms with Crippen LogP contribution in [0.2, 0.25) is 0 Å². The lowest BCUT2D eigenvalue weighted by atomic mass is 10.1. The van der Waals surface area contributed by atoms with Crippen molar-refractivity contribution in [1.82, 2.24) is 15.5 Å². The van der Waals surface area contributed by atoms with Gasteiger partial charge in [0.2, 0.25) is 0 Å². The first kappa shape index (κ1) is 22.3. The number of rotatable bonds is 9. The van der Waals surface area contributed by atoms with Gasteiger partial charge in [0.1, 0.15) is 0 Å². The molecule has 0 unspecified atom stereocenters. The largest absolute Gasteiger partial charge is 0.377 e. The molecule has 2 aromatic rings. The summed E-state index contributed by atoms with van der Waals surface area (Å²) in [6.07, 6.45) is 4.06. The number of piperidine rings is 1. The zero-order valence-corrected chi connectivity index (χ0v) is 18.5. The summed E-state index contributed by atoms with van der Waals surface area (Å²) in [6.45, 7) is 8.47. The molecule has 2 aromatic carbocycles. The van der Waals surface area contributed by atoms with Gasteiger partial charge in [0.15, 0.2) is 5.96 Å². The number of hydrogen-bond donors (Lipinski definition) is 2. The maximum atomic E-state index is 5.45. The molecule has 0 bridgehead atoms. The van der Waals surface area contributed by atoms with Gasteiger partial charge in [-0.15, -0.1) is 0 Å². The summed E-state index contributed by atoms with van der Waals surface area (Å²) < 4.78 is 5.45. The van der Waals surface area contributed by atoms with Crippen LogP contribution >= 0.6 is 0 Å². The normalized spacial score (nSPS) is 15.2. The topological polar surface area (TPSA) is 48.9 Å². The molecule has 1 heterocycles. The Morgan fingerprint density at radius 2 is 1.37 bits per heavy atom. The second-order valence-electron chi connectivity index (χ2n) is 7.89. The summed E-state index contributed by atoms with van der Waals surface area (Å²) in [6, 6.07) is 17.5. The molecule has 2 N–H and O–H groups in total. The van der Waals surface area contributed by atoms with Gasteiger partial charge in [-0.3, -0.25) is 9.89 Å². The Labute approximate surface area is 181 Å². The monoisotopic (exact) mass is 408 g/mol. The van der Waals surface area contributed by atoms with Gasteiger partial charge >= 0.3 is 0 Å². The van der Waals surface area contributed by atoms with Crippen LogP contribution in [0.1, 0.15) is 48.4 Å². The molecule has 30 heavy (non-hydrogen) atoms. The van der Waals surface area contributed by atoms with Gasteiger partial charge in [-0.25, -0.2) is 0 Å². The number of hydrogen-bond acceptors (Lipinski definition) is 3. The van der Waals surface area contributed by atoms with E-state index in [1.165, 1.54) is 54.6 Å². The van der Waals surface area contributed by atoms with Gasteiger partial charge in [0.25, 0.3) is 0 Å². The summed E-state index contributed by atoms with van der Waals surface area (Å²) in [5, 5.41) is 6.79. The van der Waals surface area contributed by atoms with Crippen LogP contribution in [-0.4, -0.2) is 37.6 Å². The summed E-state index contributed by atoms with van der Waals surface area (Å²) in [7, 11) is 1.81. The molecule has 1 fully saturated rings. The highest BCUT2D eigenvalue weighted by atomic mass is 16.5. The van der Waals surface area contributed by atoms with E-state index in [0.717, 1.165) is 32.2 Å². The molecule has 1 aliphatic rings. The van der Waals surface area contributed by atoms with Gasteiger partial charge < -0.3 is 15.4 Å². The molecule has 5 nitrogen and oxygen atoms in total. The molecule has 0 aliphatic carbocycles. The number of guanidine groups is 1. The minimum Gasteiger partial charge on any atom is -0.377 e. The lowest BCUT2D eigenvalue weighted by Crippen LogP contribution is -2.36. The number of likely N-dealkylation sites (tertiary alicyclic amines) is 1. The van der Waals surface area contributed by atoms with Crippen molar-refractivity contribution in [2.45, 2.75) is 52.4 Å². The molecule has 3 rings (SSSR count). The van der Waals surface area contributed by atoms with Crippen molar-refractivity contribution in [2.75, 3.05) is 26.7 Å². The van der Waals surface area contributed by atoms with Crippen LogP contribution in [0.3, 0.4) is 0 Å². The molecule has 0 aromatic heterocycles. The zero-order chi connectivity index (χ0) is 21.0. The van der Waals surface area contributed by atoms with Crippen LogP contribution in [0.5, 0.6) is 0 Å². The molecular formula is C25H36N4O. The van der Waals surface area contributed by atoms with Gasteiger partial charge in [-0.1, -0.05) is 55.0 Å². The lowest BCUT2D eigenvalue weighted by Gasteiger charge is -2.26. The Hall–Kier alpha value is -2.37. The van der Waals surface area contributed by atoms with E-state index in [1.54, 1.807) is 0 Å². The fourth-order valence-electron chi connectivity index (χ4n) is 3.70. The minimum atomic E-state index is 0.671. The fourth-order valence-corrected chi connectivity index (χ4v) is 3.70. The summed E-state index contributed by atoms with van der Waals surface area (Å²) in [4.78, 5) is 6.90. The Bertz CT molecular complexity index is 765. The average molecular weight is 409 g/mol. The molecule has 0 atom stereocenters. The summed E-state index contributed by atoms with van der Waals surface area (Å²) in [5.41, 5.74) is 5.09. The molecule has 1 saturated heterocycles. The van der Waals surface area contributed by atoms with E-state index in [1.807, 2.05) is 14.0 Å². The highest BCUT2D eigenvalue weighted by Crippen LogP contribution is 2.13.